The van der Waals surface area contributed by atoms with Gasteiger partial charge in [-0.15, -0.1) is 0 Å². The quantitative estimate of drug-likeness (QED) is 0.479. The van der Waals surface area contributed by atoms with Gasteiger partial charge in [0.15, 0.2) is 0 Å². The van der Waals surface area contributed by atoms with Crippen molar-refractivity contribution < 1.29 is 36.6 Å². The zero-order valence-electron chi connectivity index (χ0n) is 13.6. The molecule has 0 aliphatic rings. The number of rotatable bonds is 8. The van der Waals surface area contributed by atoms with Crippen molar-refractivity contribution in [1.82, 2.24) is 4.72 Å². The van der Waals surface area contributed by atoms with Crippen LogP contribution in [0.2, 0.25) is 5.02 Å². The van der Waals surface area contributed by atoms with E-state index in [0.29, 0.717) is 12.8 Å². The number of carbonyl (C=O) groups is 1. The number of aliphatic hydroxyl groups excluding tert-OH is 1. The Labute approximate surface area is 153 Å². The second kappa shape index (κ2) is 8.53. The van der Waals surface area contributed by atoms with E-state index in [1.807, 2.05) is 5.32 Å². The minimum Gasteiger partial charge on any atom is -0.396 e. The van der Waals surface area contributed by atoms with E-state index in [2.05, 4.69) is 4.72 Å². The molecule has 1 aromatic carbocycles. The highest BCUT2D eigenvalue weighted by atomic mass is 35.5. The Balaban J connectivity index is 2.93. The number of nitrogens with one attached hydrogen (secondary N) is 2. The Morgan fingerprint density at radius 1 is 1.27 bits per heavy atom. The summed E-state index contributed by atoms with van der Waals surface area (Å²) in [7, 11) is -3.92. The van der Waals surface area contributed by atoms with Crippen LogP contribution in [-0.2, 0) is 14.8 Å². The van der Waals surface area contributed by atoms with Crippen molar-refractivity contribution in [1.29, 1.82) is 0 Å². The molecule has 0 saturated carbocycles. The van der Waals surface area contributed by atoms with Crippen LogP contribution in [0.3, 0.4) is 0 Å². The van der Waals surface area contributed by atoms with E-state index >= 15 is 0 Å². The summed E-state index contributed by atoms with van der Waals surface area (Å²) in [5.41, 5.74) is -3.93. The number of carbonyl (C=O) groups excluding carboxylic acids is 1. The van der Waals surface area contributed by atoms with E-state index in [-0.39, 0.29) is 35.7 Å². The Morgan fingerprint density at radius 3 is 2.38 bits per heavy atom. The Morgan fingerprint density at radius 2 is 1.88 bits per heavy atom. The topological polar surface area (TPSA) is 116 Å². The van der Waals surface area contributed by atoms with Crippen LogP contribution < -0.4 is 10.0 Å². The van der Waals surface area contributed by atoms with Crippen LogP contribution in [-0.4, -0.2) is 49.5 Å². The molecular weight excluding hydrogens is 401 g/mol. The van der Waals surface area contributed by atoms with Crippen LogP contribution in [0.1, 0.15) is 19.8 Å². The fraction of sp³-hybridized carbons (Fsp3) is 0.500. The number of anilines is 1. The molecule has 0 fully saturated rings. The molecule has 4 N–H and O–H groups in total. The summed E-state index contributed by atoms with van der Waals surface area (Å²) in [5, 5.41) is 19.4. The molecular formula is C14H18ClF3N2O5S. The summed E-state index contributed by atoms with van der Waals surface area (Å²) >= 11 is 5.82. The standard InChI is InChI=1S/C14H18ClF3N2O5S/c1-13(23,14(16,17)18)12(22)20-11-5-4-9(8-10(11)15)26(24,25)19-6-2-3-7-21/h4-5,8,19,21,23H,2-3,6-7H2,1H3,(H,20,22). The van der Waals surface area contributed by atoms with Gasteiger partial charge < -0.3 is 15.5 Å². The fourth-order valence-corrected chi connectivity index (χ4v) is 3.06. The number of sulfonamides is 1. The van der Waals surface area contributed by atoms with Crippen molar-refractivity contribution in [2.24, 2.45) is 0 Å². The van der Waals surface area contributed by atoms with Crippen LogP contribution >= 0.6 is 11.6 Å². The zero-order chi connectivity index (χ0) is 20.2. The summed E-state index contributed by atoms with van der Waals surface area (Å²) in [6, 6.07) is 3.00. The van der Waals surface area contributed by atoms with Gasteiger partial charge in [0.25, 0.3) is 5.91 Å². The number of amides is 1. The molecule has 0 aliphatic carbocycles. The smallest absolute Gasteiger partial charge is 0.396 e. The van der Waals surface area contributed by atoms with Crippen molar-refractivity contribution in [3.05, 3.63) is 23.2 Å². The third kappa shape index (κ3) is 5.55. The van der Waals surface area contributed by atoms with Gasteiger partial charge in [-0.3, -0.25) is 4.79 Å². The number of benzene rings is 1. The molecule has 1 amide bonds. The van der Waals surface area contributed by atoms with Crippen LogP contribution in [0, 0.1) is 0 Å². The van der Waals surface area contributed by atoms with Gasteiger partial charge in [0.2, 0.25) is 15.6 Å². The van der Waals surface area contributed by atoms with Gasteiger partial charge in [-0.2, -0.15) is 13.2 Å². The van der Waals surface area contributed by atoms with Gasteiger partial charge in [0, 0.05) is 13.2 Å². The maximum Gasteiger partial charge on any atom is 0.426 e. The van der Waals surface area contributed by atoms with Crippen molar-refractivity contribution >= 4 is 33.2 Å². The van der Waals surface area contributed by atoms with Gasteiger partial charge in [-0.1, -0.05) is 11.6 Å². The summed E-state index contributed by atoms with van der Waals surface area (Å²) in [5.74, 6) is -1.76. The van der Waals surface area contributed by atoms with E-state index in [1.165, 1.54) is 0 Å². The highest BCUT2D eigenvalue weighted by molar-refractivity contribution is 7.89. The van der Waals surface area contributed by atoms with Crippen LogP contribution in [0.25, 0.3) is 0 Å². The first-order valence-corrected chi connectivity index (χ1v) is 9.19. The molecule has 1 aromatic rings. The Kier molecular flexibility index (Phi) is 7.42. The molecule has 1 rings (SSSR count). The van der Waals surface area contributed by atoms with E-state index in [1.54, 1.807) is 0 Å². The SMILES string of the molecule is CC(O)(C(=O)Nc1ccc(S(=O)(=O)NCCCCO)cc1Cl)C(F)(F)F. The molecule has 0 saturated heterocycles. The first-order chi connectivity index (χ1) is 11.8. The maximum absolute atomic E-state index is 12.6. The number of unbranched alkanes of at least 4 members (excludes halogenated alkanes) is 1. The van der Waals surface area contributed by atoms with Gasteiger partial charge >= 0.3 is 6.18 Å². The number of halogens is 4. The normalized spacial score (nSPS) is 14.7. The van der Waals surface area contributed by atoms with Gasteiger partial charge in [0.05, 0.1) is 15.6 Å². The largest absolute Gasteiger partial charge is 0.426 e. The molecule has 12 heteroatoms. The van der Waals surface area contributed by atoms with E-state index in [4.69, 9.17) is 16.7 Å². The van der Waals surface area contributed by atoms with Crippen LogP contribution in [0.5, 0.6) is 0 Å². The second-order valence-electron chi connectivity index (χ2n) is 5.49. The predicted molar refractivity (Wildman–Crippen MR) is 88.3 cm³/mol. The number of hydrogen-bond acceptors (Lipinski definition) is 5. The van der Waals surface area contributed by atoms with Crippen molar-refractivity contribution in [2.45, 2.75) is 36.4 Å². The Bertz CT molecular complexity index is 753. The number of alkyl halides is 3. The van der Waals surface area contributed by atoms with Crippen molar-refractivity contribution in [2.75, 3.05) is 18.5 Å². The first-order valence-electron chi connectivity index (χ1n) is 7.33. The van der Waals surface area contributed by atoms with Gasteiger partial charge in [-0.25, -0.2) is 13.1 Å². The van der Waals surface area contributed by atoms with Crippen molar-refractivity contribution in [3.8, 4) is 0 Å². The summed E-state index contributed by atoms with van der Waals surface area (Å²) in [4.78, 5) is 11.4. The number of aliphatic hydroxyl groups is 2. The molecule has 1 atom stereocenters. The minimum atomic E-state index is -5.20. The van der Waals surface area contributed by atoms with Gasteiger partial charge in [0.1, 0.15) is 0 Å². The second-order valence-corrected chi connectivity index (χ2v) is 7.67. The highest BCUT2D eigenvalue weighted by Gasteiger charge is 2.55. The molecule has 0 bridgehead atoms. The van der Waals surface area contributed by atoms with E-state index in [9.17, 15) is 31.5 Å². The molecule has 0 heterocycles. The lowest BCUT2D eigenvalue weighted by Gasteiger charge is -2.25. The predicted octanol–water partition coefficient (Wildman–Crippen LogP) is 1.64. The number of hydrogen-bond donors (Lipinski definition) is 4. The first kappa shape index (κ1) is 22.6. The molecule has 7 nitrogen and oxygen atoms in total. The van der Waals surface area contributed by atoms with Crippen LogP contribution in [0.4, 0.5) is 18.9 Å². The molecule has 0 aliphatic heterocycles. The summed E-state index contributed by atoms with van der Waals surface area (Å²) < 4.78 is 64.3. The lowest BCUT2D eigenvalue weighted by molar-refractivity contribution is -0.242. The van der Waals surface area contributed by atoms with E-state index in [0.717, 1.165) is 18.2 Å². The summed E-state index contributed by atoms with van der Waals surface area (Å²) in [6.45, 7) is 0.280. The van der Waals surface area contributed by atoms with Crippen molar-refractivity contribution in [3.63, 3.8) is 0 Å². The molecule has 1 unspecified atom stereocenters. The average molecular weight is 419 g/mol. The minimum absolute atomic E-state index is 0.0768. The third-order valence-corrected chi connectivity index (χ3v) is 5.14. The molecule has 0 spiro atoms. The van der Waals surface area contributed by atoms with Crippen LogP contribution in [0.15, 0.2) is 23.1 Å². The highest BCUT2D eigenvalue weighted by Crippen LogP contribution is 2.32. The molecule has 0 aromatic heterocycles. The summed E-state index contributed by atoms with van der Waals surface area (Å²) in [6.07, 6.45) is -4.39. The zero-order valence-corrected chi connectivity index (χ0v) is 15.2. The Hall–Kier alpha value is -1.40. The third-order valence-electron chi connectivity index (χ3n) is 3.37. The maximum atomic E-state index is 12.6. The molecule has 26 heavy (non-hydrogen) atoms. The van der Waals surface area contributed by atoms with Gasteiger partial charge in [-0.05, 0) is 38.0 Å². The van der Waals surface area contributed by atoms with E-state index < -0.39 is 27.7 Å². The molecule has 0 radical (unpaired) electrons. The fourth-order valence-electron chi connectivity index (χ4n) is 1.66. The lowest BCUT2D eigenvalue weighted by atomic mass is 10.1. The monoisotopic (exact) mass is 418 g/mol. The lowest BCUT2D eigenvalue weighted by Crippen LogP contribution is -2.52. The average Bonchev–Trinajstić information content (AvgIpc) is 2.52. The molecule has 148 valence electrons.